The van der Waals surface area contributed by atoms with Crippen molar-refractivity contribution < 1.29 is 23.5 Å². The maximum atomic E-state index is 11.9. The van der Waals surface area contributed by atoms with Gasteiger partial charge < -0.3 is 24.1 Å². The van der Waals surface area contributed by atoms with E-state index in [1.165, 1.54) is 0 Å². The molecule has 0 aliphatic heterocycles. The minimum Gasteiger partial charge on any atom is -0.497 e. The topological polar surface area (TPSA) is 95.7 Å². The lowest BCUT2D eigenvalue weighted by molar-refractivity contribution is -0.123. The molecule has 8 nitrogen and oxygen atoms in total. The summed E-state index contributed by atoms with van der Waals surface area (Å²) in [6.45, 7) is -0.000235. The van der Waals surface area contributed by atoms with Gasteiger partial charge in [0.1, 0.15) is 17.2 Å². The summed E-state index contributed by atoms with van der Waals surface area (Å²) in [6.07, 6.45) is 0. The second-order valence-corrected chi connectivity index (χ2v) is 5.48. The summed E-state index contributed by atoms with van der Waals surface area (Å²) in [5.74, 6) is 2.48. The Bertz CT molecular complexity index is 875. The molecule has 1 N–H and O–H groups in total. The lowest BCUT2D eigenvalue weighted by Gasteiger charge is -2.06. The SMILES string of the molecule is COc1ccc(OCC(=O)NCc2nc(-c3ccc(OC)cc3)no2)cc1. The van der Waals surface area contributed by atoms with Gasteiger partial charge in [-0.15, -0.1) is 0 Å². The van der Waals surface area contributed by atoms with Gasteiger partial charge in [0.2, 0.25) is 11.7 Å². The molecule has 0 radical (unpaired) electrons. The van der Waals surface area contributed by atoms with Crippen LogP contribution in [-0.4, -0.2) is 36.9 Å². The molecule has 3 aromatic rings. The van der Waals surface area contributed by atoms with Gasteiger partial charge in [-0.1, -0.05) is 5.16 Å². The Morgan fingerprint density at radius 2 is 1.56 bits per heavy atom. The Morgan fingerprint density at radius 1 is 0.963 bits per heavy atom. The van der Waals surface area contributed by atoms with Crippen LogP contribution in [0.3, 0.4) is 0 Å². The lowest BCUT2D eigenvalue weighted by atomic mass is 10.2. The summed E-state index contributed by atoms with van der Waals surface area (Å²) >= 11 is 0. The summed E-state index contributed by atoms with van der Waals surface area (Å²) in [6, 6.07) is 14.2. The van der Waals surface area contributed by atoms with Crippen molar-refractivity contribution in [3.63, 3.8) is 0 Å². The Balaban J connectivity index is 1.47. The summed E-state index contributed by atoms with van der Waals surface area (Å²) in [5.41, 5.74) is 0.792. The molecule has 0 saturated heterocycles. The van der Waals surface area contributed by atoms with E-state index in [9.17, 15) is 4.79 Å². The Hall–Kier alpha value is -3.55. The van der Waals surface area contributed by atoms with E-state index in [4.69, 9.17) is 18.7 Å². The summed E-state index contributed by atoms with van der Waals surface area (Å²) < 4.78 is 20.7. The number of benzene rings is 2. The van der Waals surface area contributed by atoms with E-state index in [1.54, 1.807) is 38.5 Å². The predicted octanol–water partition coefficient (Wildman–Crippen LogP) is 2.45. The summed E-state index contributed by atoms with van der Waals surface area (Å²) in [4.78, 5) is 16.2. The quantitative estimate of drug-likeness (QED) is 0.651. The lowest BCUT2D eigenvalue weighted by Crippen LogP contribution is -2.28. The van der Waals surface area contributed by atoms with Crippen LogP contribution >= 0.6 is 0 Å². The highest BCUT2D eigenvalue weighted by Gasteiger charge is 2.10. The number of nitrogens with one attached hydrogen (secondary N) is 1. The molecule has 0 fully saturated rings. The van der Waals surface area contributed by atoms with Crippen molar-refractivity contribution in [2.24, 2.45) is 0 Å². The highest BCUT2D eigenvalue weighted by atomic mass is 16.5. The molecule has 1 aromatic heterocycles. The van der Waals surface area contributed by atoms with E-state index in [1.807, 2.05) is 24.3 Å². The normalized spacial score (nSPS) is 10.3. The molecule has 1 amide bonds. The highest BCUT2D eigenvalue weighted by Crippen LogP contribution is 2.19. The van der Waals surface area contributed by atoms with Crippen LogP contribution < -0.4 is 19.5 Å². The Kier molecular flexibility index (Phi) is 5.88. The highest BCUT2D eigenvalue weighted by molar-refractivity contribution is 5.77. The number of carbonyl (C=O) groups excluding carboxylic acids is 1. The third-order valence-electron chi connectivity index (χ3n) is 3.68. The molecule has 27 heavy (non-hydrogen) atoms. The fraction of sp³-hybridized carbons (Fsp3) is 0.211. The number of ether oxygens (including phenoxy) is 3. The molecule has 140 valence electrons. The van der Waals surface area contributed by atoms with Crippen LogP contribution in [0.5, 0.6) is 17.2 Å². The first kappa shape index (κ1) is 18.2. The number of carbonyl (C=O) groups is 1. The molecule has 2 aromatic carbocycles. The van der Waals surface area contributed by atoms with Crippen LogP contribution in [0.1, 0.15) is 5.89 Å². The molecule has 0 unspecified atom stereocenters. The van der Waals surface area contributed by atoms with E-state index in [0.717, 1.165) is 17.1 Å². The third-order valence-corrected chi connectivity index (χ3v) is 3.68. The zero-order chi connectivity index (χ0) is 19.1. The van der Waals surface area contributed by atoms with E-state index in [2.05, 4.69) is 15.5 Å². The van der Waals surface area contributed by atoms with Crippen molar-refractivity contribution in [1.29, 1.82) is 0 Å². The average molecular weight is 369 g/mol. The number of hydrogen-bond acceptors (Lipinski definition) is 7. The number of rotatable bonds is 8. The second-order valence-electron chi connectivity index (χ2n) is 5.48. The fourth-order valence-corrected chi connectivity index (χ4v) is 2.23. The van der Waals surface area contributed by atoms with E-state index in [-0.39, 0.29) is 19.1 Å². The smallest absolute Gasteiger partial charge is 0.258 e. The van der Waals surface area contributed by atoms with Crippen LogP contribution in [0.25, 0.3) is 11.4 Å². The molecule has 8 heteroatoms. The minimum absolute atomic E-state index is 0.119. The number of aromatic nitrogens is 2. The van der Waals surface area contributed by atoms with Gasteiger partial charge in [0.15, 0.2) is 6.61 Å². The average Bonchev–Trinajstić information content (AvgIpc) is 3.20. The summed E-state index contributed by atoms with van der Waals surface area (Å²) in [7, 11) is 3.18. The molecular weight excluding hydrogens is 350 g/mol. The van der Waals surface area contributed by atoms with Crippen LogP contribution in [0.2, 0.25) is 0 Å². The van der Waals surface area contributed by atoms with Gasteiger partial charge in [-0.2, -0.15) is 4.98 Å². The number of nitrogens with zero attached hydrogens (tertiary/aromatic N) is 2. The van der Waals surface area contributed by atoms with E-state index < -0.39 is 0 Å². The standard InChI is InChI=1S/C19H19N3O5/c1-24-14-5-3-13(4-6-14)19-21-18(27-22-19)11-20-17(23)12-26-16-9-7-15(25-2)8-10-16/h3-10H,11-12H2,1-2H3,(H,20,23). The molecule has 0 atom stereocenters. The molecule has 0 spiro atoms. The maximum Gasteiger partial charge on any atom is 0.258 e. The van der Waals surface area contributed by atoms with Crippen molar-refractivity contribution in [3.05, 3.63) is 54.4 Å². The van der Waals surface area contributed by atoms with Crippen LogP contribution in [0, 0.1) is 0 Å². The number of methoxy groups -OCH3 is 2. The first-order valence-corrected chi connectivity index (χ1v) is 8.18. The van der Waals surface area contributed by atoms with E-state index >= 15 is 0 Å². The molecular formula is C19H19N3O5. The monoisotopic (exact) mass is 369 g/mol. The Labute approximate surface area is 156 Å². The van der Waals surface area contributed by atoms with Gasteiger partial charge in [-0.3, -0.25) is 4.79 Å². The van der Waals surface area contributed by atoms with Gasteiger partial charge >= 0.3 is 0 Å². The van der Waals surface area contributed by atoms with Gasteiger partial charge in [-0.05, 0) is 48.5 Å². The zero-order valence-electron chi connectivity index (χ0n) is 15.0. The van der Waals surface area contributed by atoms with Crippen molar-refractivity contribution >= 4 is 5.91 Å². The molecule has 1 heterocycles. The van der Waals surface area contributed by atoms with E-state index in [0.29, 0.717) is 17.5 Å². The van der Waals surface area contributed by atoms with Gasteiger partial charge in [0.25, 0.3) is 5.91 Å². The third kappa shape index (κ3) is 4.97. The minimum atomic E-state index is -0.296. The molecule has 3 rings (SSSR count). The fourth-order valence-electron chi connectivity index (χ4n) is 2.23. The predicted molar refractivity (Wildman–Crippen MR) is 96.6 cm³/mol. The van der Waals surface area contributed by atoms with Crippen LogP contribution in [0.15, 0.2) is 53.1 Å². The molecule has 0 aliphatic rings. The van der Waals surface area contributed by atoms with Gasteiger partial charge in [-0.25, -0.2) is 0 Å². The Morgan fingerprint density at radius 3 is 2.19 bits per heavy atom. The molecule has 0 saturated carbocycles. The van der Waals surface area contributed by atoms with Crippen molar-refractivity contribution in [3.8, 4) is 28.6 Å². The first-order chi connectivity index (χ1) is 13.2. The van der Waals surface area contributed by atoms with Crippen LogP contribution in [0.4, 0.5) is 0 Å². The van der Waals surface area contributed by atoms with Gasteiger partial charge in [0, 0.05) is 5.56 Å². The molecule has 0 bridgehead atoms. The molecule has 0 aliphatic carbocycles. The van der Waals surface area contributed by atoms with Crippen LogP contribution in [-0.2, 0) is 11.3 Å². The van der Waals surface area contributed by atoms with Crippen molar-refractivity contribution in [2.75, 3.05) is 20.8 Å². The second kappa shape index (κ2) is 8.70. The summed E-state index contributed by atoms with van der Waals surface area (Å²) in [5, 5.41) is 6.58. The number of amides is 1. The van der Waals surface area contributed by atoms with Gasteiger partial charge in [0.05, 0.1) is 20.8 Å². The van der Waals surface area contributed by atoms with Crippen molar-refractivity contribution in [1.82, 2.24) is 15.5 Å². The van der Waals surface area contributed by atoms with Crippen molar-refractivity contribution in [2.45, 2.75) is 6.54 Å². The maximum absolute atomic E-state index is 11.9. The number of hydrogen-bond donors (Lipinski definition) is 1. The zero-order valence-corrected chi connectivity index (χ0v) is 15.0. The largest absolute Gasteiger partial charge is 0.497 e. The first-order valence-electron chi connectivity index (χ1n) is 8.18.